The Labute approximate surface area is 166 Å². The topological polar surface area (TPSA) is 48.0 Å². The Morgan fingerprint density at radius 3 is 2.41 bits per heavy atom. The first-order chi connectivity index (χ1) is 13.8. The molecule has 0 saturated carbocycles. The Bertz CT molecular complexity index is 987. The number of hydrogen-bond donors (Lipinski definition) is 0. The molecular formula is C21H20F3NO4. The summed E-state index contributed by atoms with van der Waals surface area (Å²) in [6.07, 6.45) is -4.31. The lowest BCUT2D eigenvalue weighted by Crippen LogP contribution is -2.48. The van der Waals surface area contributed by atoms with Gasteiger partial charge in [0.25, 0.3) is 0 Å². The van der Waals surface area contributed by atoms with Crippen LogP contribution in [0, 0.1) is 0 Å². The van der Waals surface area contributed by atoms with E-state index in [1.54, 1.807) is 6.07 Å². The molecule has 0 bridgehead atoms. The van der Waals surface area contributed by atoms with Crippen LogP contribution in [0.1, 0.15) is 22.7 Å². The van der Waals surface area contributed by atoms with E-state index in [9.17, 15) is 18.0 Å². The van der Waals surface area contributed by atoms with Gasteiger partial charge in [0.15, 0.2) is 11.5 Å². The van der Waals surface area contributed by atoms with Crippen molar-refractivity contribution in [2.24, 2.45) is 0 Å². The molecule has 2 aromatic rings. The summed E-state index contributed by atoms with van der Waals surface area (Å²) < 4.78 is 56.2. The number of nitrogens with zero attached hydrogens (tertiary/aromatic N) is 1. The fourth-order valence-electron chi connectivity index (χ4n) is 4.48. The van der Waals surface area contributed by atoms with Crippen molar-refractivity contribution in [3.05, 3.63) is 41.0 Å². The van der Waals surface area contributed by atoms with Crippen LogP contribution in [0.5, 0.6) is 17.2 Å². The minimum absolute atomic E-state index is 0.0270. The van der Waals surface area contributed by atoms with E-state index in [2.05, 4.69) is 0 Å². The number of carbonyl (C=O) groups is 1. The number of rotatable bonds is 3. The second kappa shape index (κ2) is 6.86. The number of halogens is 3. The van der Waals surface area contributed by atoms with Crippen molar-refractivity contribution < 1.29 is 32.2 Å². The van der Waals surface area contributed by atoms with E-state index in [1.165, 1.54) is 21.3 Å². The van der Waals surface area contributed by atoms with Crippen LogP contribution in [-0.4, -0.2) is 44.9 Å². The third-order valence-corrected chi connectivity index (χ3v) is 5.63. The first-order valence-corrected chi connectivity index (χ1v) is 9.13. The Kier molecular flexibility index (Phi) is 4.59. The molecule has 8 heteroatoms. The molecule has 1 heterocycles. The van der Waals surface area contributed by atoms with Crippen molar-refractivity contribution in [3.8, 4) is 28.4 Å². The highest BCUT2D eigenvalue weighted by Gasteiger charge is 2.48. The summed E-state index contributed by atoms with van der Waals surface area (Å²) in [7, 11) is 4.50. The summed E-state index contributed by atoms with van der Waals surface area (Å²) in [5.41, 5.74) is 3.96. The van der Waals surface area contributed by atoms with E-state index in [0.29, 0.717) is 23.7 Å². The summed E-state index contributed by atoms with van der Waals surface area (Å²) in [5.74, 6) is -0.497. The first kappa shape index (κ1) is 19.4. The van der Waals surface area contributed by atoms with Gasteiger partial charge in [0, 0.05) is 12.1 Å². The first-order valence-electron chi connectivity index (χ1n) is 9.13. The van der Waals surface area contributed by atoms with Gasteiger partial charge in [-0.3, -0.25) is 4.79 Å². The van der Waals surface area contributed by atoms with Gasteiger partial charge < -0.3 is 19.1 Å². The quantitative estimate of drug-likeness (QED) is 0.774. The molecule has 0 fully saturated rings. The number of hydrogen-bond acceptors (Lipinski definition) is 4. The van der Waals surface area contributed by atoms with E-state index >= 15 is 0 Å². The Hall–Kier alpha value is -2.90. The van der Waals surface area contributed by atoms with E-state index in [0.717, 1.165) is 32.7 Å². The maximum atomic E-state index is 13.2. The predicted octanol–water partition coefficient (Wildman–Crippen LogP) is 3.92. The third-order valence-electron chi connectivity index (χ3n) is 5.63. The number of benzene rings is 2. The molecule has 0 unspecified atom stereocenters. The summed E-state index contributed by atoms with van der Waals surface area (Å²) in [6, 6.07) is 6.67. The highest BCUT2D eigenvalue weighted by atomic mass is 19.4. The molecule has 154 valence electrons. The fraction of sp³-hybridized carbons (Fsp3) is 0.381. The zero-order valence-electron chi connectivity index (χ0n) is 16.2. The molecule has 1 atom stereocenters. The Morgan fingerprint density at radius 1 is 1.07 bits per heavy atom. The molecule has 5 nitrogen and oxygen atoms in total. The highest BCUT2D eigenvalue weighted by Crippen LogP contribution is 2.54. The van der Waals surface area contributed by atoms with Crippen LogP contribution in [0.4, 0.5) is 13.2 Å². The van der Waals surface area contributed by atoms with Crippen LogP contribution in [0.25, 0.3) is 11.1 Å². The molecule has 2 aliphatic rings. The van der Waals surface area contributed by atoms with Crippen LogP contribution in [0.15, 0.2) is 24.3 Å². The minimum atomic E-state index is -4.91. The predicted molar refractivity (Wildman–Crippen MR) is 99.5 cm³/mol. The Morgan fingerprint density at radius 2 is 1.79 bits per heavy atom. The number of alkyl halides is 3. The fourth-order valence-corrected chi connectivity index (χ4v) is 4.48. The van der Waals surface area contributed by atoms with Crippen LogP contribution < -0.4 is 14.2 Å². The highest BCUT2D eigenvalue weighted by molar-refractivity contribution is 5.87. The second-order valence-electron chi connectivity index (χ2n) is 7.02. The van der Waals surface area contributed by atoms with Gasteiger partial charge in [-0.2, -0.15) is 13.2 Å². The van der Waals surface area contributed by atoms with Crippen molar-refractivity contribution in [1.82, 2.24) is 4.90 Å². The molecule has 0 aromatic heterocycles. The molecule has 4 rings (SSSR count). The van der Waals surface area contributed by atoms with Crippen molar-refractivity contribution in [1.29, 1.82) is 0 Å². The zero-order chi connectivity index (χ0) is 20.9. The number of carbonyl (C=O) groups excluding carboxylic acids is 1. The van der Waals surface area contributed by atoms with Gasteiger partial charge >= 0.3 is 12.1 Å². The molecular weight excluding hydrogens is 387 g/mol. The smallest absolute Gasteiger partial charge is 0.471 e. The maximum absolute atomic E-state index is 13.2. The van der Waals surface area contributed by atoms with Crippen LogP contribution in [0.2, 0.25) is 0 Å². The molecule has 0 spiro atoms. The van der Waals surface area contributed by atoms with Gasteiger partial charge in [0.05, 0.1) is 27.4 Å². The standard InChI is InChI=1S/C21H20F3NO4/c1-27-15-10-12-9-14-16-11(7-8-25(14)20(26)21(22,23)24)5-4-6-13(16)17(12)19(29-3)18(15)28-2/h4-6,10,14H,7-9H2,1-3H3/t14-/m1/s1. The third kappa shape index (κ3) is 2.89. The Balaban J connectivity index is 1.96. The average Bonchev–Trinajstić information content (AvgIpc) is 2.71. The number of amides is 1. The summed E-state index contributed by atoms with van der Waals surface area (Å²) in [4.78, 5) is 13.1. The van der Waals surface area contributed by atoms with E-state index in [4.69, 9.17) is 14.2 Å². The summed E-state index contributed by atoms with van der Waals surface area (Å²) >= 11 is 0. The van der Waals surface area contributed by atoms with Gasteiger partial charge in [0.2, 0.25) is 5.75 Å². The normalized spacial score (nSPS) is 17.3. The van der Waals surface area contributed by atoms with Crippen molar-refractivity contribution in [2.45, 2.75) is 25.1 Å². The largest absolute Gasteiger partial charge is 0.493 e. The number of ether oxygens (including phenoxy) is 3. The maximum Gasteiger partial charge on any atom is 0.471 e. The molecule has 2 aromatic carbocycles. The van der Waals surface area contributed by atoms with E-state index in [-0.39, 0.29) is 13.0 Å². The van der Waals surface area contributed by atoms with Crippen LogP contribution in [-0.2, 0) is 17.6 Å². The monoisotopic (exact) mass is 407 g/mol. The van der Waals surface area contributed by atoms with E-state index in [1.807, 2.05) is 18.2 Å². The number of fused-ring (bicyclic) bond motifs is 2. The van der Waals surface area contributed by atoms with Gasteiger partial charge in [-0.15, -0.1) is 0 Å². The lowest BCUT2D eigenvalue weighted by molar-refractivity contribution is -0.188. The van der Waals surface area contributed by atoms with Gasteiger partial charge in [-0.05, 0) is 41.2 Å². The van der Waals surface area contributed by atoms with Crippen LogP contribution in [0.3, 0.4) is 0 Å². The van der Waals surface area contributed by atoms with Crippen molar-refractivity contribution in [2.75, 3.05) is 27.9 Å². The SMILES string of the molecule is COc1cc2c(c(OC)c1OC)-c1cccc3c1[C@@H](C2)N(C(=O)C(F)(F)F)CC3. The van der Waals surface area contributed by atoms with E-state index < -0.39 is 18.1 Å². The van der Waals surface area contributed by atoms with Gasteiger partial charge in [-0.1, -0.05) is 18.2 Å². The summed E-state index contributed by atoms with van der Waals surface area (Å²) in [5, 5.41) is 0. The minimum Gasteiger partial charge on any atom is -0.493 e. The molecule has 0 N–H and O–H groups in total. The van der Waals surface area contributed by atoms with Gasteiger partial charge in [0.1, 0.15) is 0 Å². The average molecular weight is 407 g/mol. The lowest BCUT2D eigenvalue weighted by atomic mass is 9.76. The number of methoxy groups -OCH3 is 3. The van der Waals surface area contributed by atoms with Gasteiger partial charge in [-0.25, -0.2) is 0 Å². The zero-order valence-corrected chi connectivity index (χ0v) is 16.2. The molecule has 1 aliphatic heterocycles. The molecule has 1 aliphatic carbocycles. The van der Waals surface area contributed by atoms with Crippen LogP contribution >= 0.6 is 0 Å². The molecule has 29 heavy (non-hydrogen) atoms. The molecule has 0 radical (unpaired) electrons. The van der Waals surface area contributed by atoms with Crippen molar-refractivity contribution in [3.63, 3.8) is 0 Å². The lowest BCUT2D eigenvalue weighted by Gasteiger charge is -2.42. The van der Waals surface area contributed by atoms with Crippen molar-refractivity contribution >= 4 is 5.91 Å². The second-order valence-corrected chi connectivity index (χ2v) is 7.02. The molecule has 1 amide bonds. The summed E-state index contributed by atoms with van der Waals surface area (Å²) in [6.45, 7) is 0.0270. The molecule has 0 saturated heterocycles.